The van der Waals surface area contributed by atoms with Gasteiger partial charge in [-0.2, -0.15) is 0 Å². The SMILES string of the molecule is COC(=O)C1=NSC([N+](=O)[O-])C1. The average molecular weight is 190 g/mol. The van der Waals surface area contributed by atoms with Gasteiger partial charge >= 0.3 is 5.97 Å². The molecule has 12 heavy (non-hydrogen) atoms. The van der Waals surface area contributed by atoms with Gasteiger partial charge in [-0.25, -0.2) is 9.19 Å². The van der Waals surface area contributed by atoms with Crippen LogP contribution in [0.3, 0.4) is 0 Å². The Morgan fingerprint density at radius 1 is 1.92 bits per heavy atom. The van der Waals surface area contributed by atoms with Crippen molar-refractivity contribution in [1.29, 1.82) is 0 Å². The van der Waals surface area contributed by atoms with Crippen LogP contribution in [0.1, 0.15) is 6.42 Å². The van der Waals surface area contributed by atoms with Gasteiger partial charge in [0.1, 0.15) is 5.71 Å². The van der Waals surface area contributed by atoms with Crippen LogP contribution in [0.25, 0.3) is 0 Å². The van der Waals surface area contributed by atoms with Crippen molar-refractivity contribution >= 4 is 23.6 Å². The van der Waals surface area contributed by atoms with Gasteiger partial charge in [-0.3, -0.25) is 10.1 Å². The zero-order chi connectivity index (χ0) is 9.14. The van der Waals surface area contributed by atoms with Crippen LogP contribution in [0, 0.1) is 10.1 Å². The Morgan fingerprint density at radius 2 is 2.58 bits per heavy atom. The first-order chi connectivity index (χ1) is 5.65. The smallest absolute Gasteiger partial charge is 0.353 e. The Morgan fingerprint density at radius 3 is 3.00 bits per heavy atom. The Labute approximate surface area is 72.3 Å². The second kappa shape index (κ2) is 3.53. The molecule has 1 atom stereocenters. The minimum atomic E-state index is -0.834. The molecule has 1 aliphatic rings. The van der Waals surface area contributed by atoms with E-state index in [1.54, 1.807) is 0 Å². The van der Waals surface area contributed by atoms with E-state index >= 15 is 0 Å². The van der Waals surface area contributed by atoms with E-state index in [1.165, 1.54) is 7.11 Å². The van der Waals surface area contributed by atoms with Crippen LogP contribution in [0.5, 0.6) is 0 Å². The van der Waals surface area contributed by atoms with Gasteiger partial charge in [0.2, 0.25) is 0 Å². The molecule has 6 nitrogen and oxygen atoms in total. The van der Waals surface area contributed by atoms with Crippen molar-refractivity contribution in [2.75, 3.05) is 7.11 Å². The van der Waals surface area contributed by atoms with E-state index in [0.717, 1.165) is 11.9 Å². The first-order valence-electron chi connectivity index (χ1n) is 3.09. The molecular weight excluding hydrogens is 184 g/mol. The molecule has 0 N–H and O–H groups in total. The highest BCUT2D eigenvalue weighted by molar-refractivity contribution is 7.99. The number of carbonyl (C=O) groups is 1. The van der Waals surface area contributed by atoms with Crippen LogP contribution in [-0.4, -0.2) is 29.1 Å². The third-order valence-corrected chi connectivity index (χ3v) is 2.22. The summed E-state index contributed by atoms with van der Waals surface area (Å²) in [5, 5.41) is 9.38. The van der Waals surface area contributed by atoms with Crippen LogP contribution in [0.2, 0.25) is 0 Å². The van der Waals surface area contributed by atoms with Gasteiger partial charge in [-0.05, 0) is 0 Å². The maximum absolute atomic E-state index is 10.8. The topological polar surface area (TPSA) is 81.8 Å². The maximum atomic E-state index is 10.8. The third kappa shape index (κ3) is 1.73. The van der Waals surface area contributed by atoms with Crippen molar-refractivity contribution in [2.45, 2.75) is 11.8 Å². The molecule has 0 spiro atoms. The minimum absolute atomic E-state index is 0.0460. The lowest BCUT2D eigenvalue weighted by atomic mass is 10.3. The van der Waals surface area contributed by atoms with Crippen molar-refractivity contribution in [2.24, 2.45) is 4.40 Å². The summed E-state index contributed by atoms with van der Waals surface area (Å²) in [6, 6.07) is 0. The summed E-state index contributed by atoms with van der Waals surface area (Å²) in [5.74, 6) is -0.591. The minimum Gasteiger partial charge on any atom is -0.465 e. The second-order valence-electron chi connectivity index (χ2n) is 2.08. The summed E-state index contributed by atoms with van der Waals surface area (Å²) in [6.45, 7) is 0. The summed E-state index contributed by atoms with van der Waals surface area (Å²) < 4.78 is 7.98. The molecule has 1 aliphatic heterocycles. The van der Waals surface area contributed by atoms with Crippen molar-refractivity contribution in [1.82, 2.24) is 0 Å². The molecule has 0 aliphatic carbocycles. The molecule has 0 aromatic rings. The van der Waals surface area contributed by atoms with Gasteiger partial charge in [0.15, 0.2) is 0 Å². The van der Waals surface area contributed by atoms with Crippen LogP contribution >= 0.6 is 11.9 Å². The fraction of sp³-hybridized carbons (Fsp3) is 0.600. The normalized spacial score (nSPS) is 21.8. The number of esters is 1. The largest absolute Gasteiger partial charge is 0.465 e. The molecule has 0 amide bonds. The fourth-order valence-corrected chi connectivity index (χ4v) is 1.42. The summed E-state index contributed by atoms with van der Waals surface area (Å²) >= 11 is 0.790. The highest BCUT2D eigenvalue weighted by atomic mass is 32.2. The first-order valence-corrected chi connectivity index (χ1v) is 3.93. The Kier molecular flexibility index (Phi) is 2.64. The quantitative estimate of drug-likeness (QED) is 0.270. The van der Waals surface area contributed by atoms with Gasteiger partial charge in [-0.1, -0.05) is 0 Å². The number of methoxy groups -OCH3 is 1. The van der Waals surface area contributed by atoms with Crippen molar-refractivity contribution in [3.05, 3.63) is 10.1 Å². The Hall–Kier alpha value is -1.11. The van der Waals surface area contributed by atoms with Crippen molar-refractivity contribution in [3.8, 4) is 0 Å². The van der Waals surface area contributed by atoms with Crippen LogP contribution < -0.4 is 0 Å². The van der Waals surface area contributed by atoms with E-state index in [2.05, 4.69) is 9.13 Å². The van der Waals surface area contributed by atoms with E-state index < -0.39 is 16.3 Å². The molecule has 0 saturated carbocycles. The second-order valence-corrected chi connectivity index (χ2v) is 3.02. The third-order valence-electron chi connectivity index (χ3n) is 1.31. The number of nitrogens with zero attached hydrogens (tertiary/aromatic N) is 2. The van der Waals surface area contributed by atoms with E-state index in [1.807, 2.05) is 0 Å². The van der Waals surface area contributed by atoms with Gasteiger partial charge in [-0.15, -0.1) is 0 Å². The summed E-state index contributed by atoms with van der Waals surface area (Å²) in [4.78, 5) is 20.5. The van der Waals surface area contributed by atoms with E-state index in [0.29, 0.717) is 0 Å². The molecule has 0 fully saturated rings. The predicted octanol–water partition coefficient (Wildman–Crippen LogP) is 0.255. The van der Waals surface area contributed by atoms with Crippen LogP contribution in [0.15, 0.2) is 4.40 Å². The lowest BCUT2D eigenvalue weighted by Crippen LogP contribution is -2.20. The molecule has 0 radical (unpaired) electrons. The molecule has 1 unspecified atom stereocenters. The molecule has 66 valence electrons. The molecule has 0 aromatic heterocycles. The molecular formula is C5H6N2O4S. The zero-order valence-corrected chi connectivity index (χ0v) is 7.04. The Balaban J connectivity index is 2.54. The number of ether oxygens (including phenoxy) is 1. The van der Waals surface area contributed by atoms with E-state index in [-0.39, 0.29) is 12.1 Å². The van der Waals surface area contributed by atoms with Gasteiger partial charge < -0.3 is 4.74 Å². The molecule has 1 heterocycles. The van der Waals surface area contributed by atoms with Crippen molar-refractivity contribution in [3.63, 3.8) is 0 Å². The van der Waals surface area contributed by atoms with Gasteiger partial charge in [0.25, 0.3) is 5.37 Å². The van der Waals surface area contributed by atoms with E-state index in [9.17, 15) is 14.9 Å². The lowest BCUT2D eigenvalue weighted by Gasteiger charge is -1.96. The fourth-order valence-electron chi connectivity index (χ4n) is 0.716. The number of nitro groups is 1. The first kappa shape index (κ1) is 8.98. The number of rotatable bonds is 2. The average Bonchev–Trinajstić information content (AvgIpc) is 2.51. The Bertz CT molecular complexity index is 252. The molecule has 0 saturated heterocycles. The number of hydrogen-bond donors (Lipinski definition) is 0. The monoisotopic (exact) mass is 190 g/mol. The highest BCUT2D eigenvalue weighted by Crippen LogP contribution is 2.25. The van der Waals surface area contributed by atoms with Crippen LogP contribution in [-0.2, 0) is 9.53 Å². The predicted molar refractivity (Wildman–Crippen MR) is 42.4 cm³/mol. The van der Waals surface area contributed by atoms with E-state index in [4.69, 9.17) is 0 Å². The molecule has 7 heteroatoms. The maximum Gasteiger partial charge on any atom is 0.353 e. The number of carbonyl (C=O) groups excluding carboxylic acids is 1. The van der Waals surface area contributed by atoms with Gasteiger partial charge in [0.05, 0.1) is 25.5 Å². The highest BCUT2D eigenvalue weighted by Gasteiger charge is 2.33. The summed E-state index contributed by atoms with van der Waals surface area (Å²) in [5.41, 5.74) is 0.129. The lowest BCUT2D eigenvalue weighted by molar-refractivity contribution is -0.492. The molecule has 0 aromatic carbocycles. The van der Waals surface area contributed by atoms with Gasteiger partial charge in [0, 0.05) is 4.92 Å². The number of hydrogen-bond acceptors (Lipinski definition) is 6. The molecule has 0 bridgehead atoms. The standard InChI is InChI=1S/C5H6N2O4S/c1-11-5(8)3-2-4(7(9)10)12-6-3/h4H,2H2,1H3. The summed E-state index contributed by atoms with van der Waals surface area (Å²) in [7, 11) is 1.22. The van der Waals surface area contributed by atoms with Crippen LogP contribution in [0.4, 0.5) is 0 Å². The van der Waals surface area contributed by atoms with Crippen molar-refractivity contribution < 1.29 is 14.5 Å². The molecule has 1 rings (SSSR count). The zero-order valence-electron chi connectivity index (χ0n) is 6.22. The summed E-state index contributed by atoms with van der Waals surface area (Å²) in [6.07, 6.45) is 0.0460.